The summed E-state index contributed by atoms with van der Waals surface area (Å²) in [5, 5.41) is 8.21. The van der Waals surface area contributed by atoms with Crippen molar-refractivity contribution in [1.29, 1.82) is 0 Å². The Kier molecular flexibility index (Phi) is 9.25. The fourth-order valence-electron chi connectivity index (χ4n) is 7.18. The normalized spacial score (nSPS) is 28.6. The topological polar surface area (TPSA) is 134 Å². The van der Waals surface area contributed by atoms with Crippen molar-refractivity contribution >= 4 is 29.6 Å². The largest absolute Gasteiger partial charge is 0.444 e. The van der Waals surface area contributed by atoms with Gasteiger partial charge in [-0.1, -0.05) is 38.7 Å². The molecule has 0 radical (unpaired) electrons. The van der Waals surface area contributed by atoms with Crippen molar-refractivity contribution in [3.63, 3.8) is 0 Å². The van der Waals surface area contributed by atoms with Crippen LogP contribution >= 0.6 is 0 Å². The zero-order chi connectivity index (χ0) is 29.2. The highest BCUT2D eigenvalue weighted by Crippen LogP contribution is 2.63. The van der Waals surface area contributed by atoms with Crippen LogP contribution in [0.2, 0.25) is 0 Å². The highest BCUT2D eigenvalue weighted by Gasteiger charge is 2.67. The van der Waals surface area contributed by atoms with E-state index in [4.69, 9.17) is 4.74 Å². The van der Waals surface area contributed by atoms with Gasteiger partial charge in [0.2, 0.25) is 17.6 Å². The molecule has 1 saturated heterocycles. The molecule has 4 fully saturated rings. The Balaban J connectivity index is 1.55. The van der Waals surface area contributed by atoms with Crippen LogP contribution in [0.1, 0.15) is 85.5 Å². The Labute approximate surface area is 237 Å². The third-order valence-electron chi connectivity index (χ3n) is 8.94. The standard InChI is InChI=1S/C30H46N4O6/c1-6-11-21(25(35)27(37)31-14-7-2)32-26(36)24-20-16-22(19-15-18(19)20)34(24)28(38)23(17-12-9-8-10-13-17)33-29(39)40-30(3,4)5/h7,17-24H,2,6,8-16H2,1,3-5H3,(H,31,37)(H,32,36)(H,33,39). The molecular weight excluding hydrogens is 512 g/mol. The van der Waals surface area contributed by atoms with Crippen LogP contribution in [0.3, 0.4) is 0 Å². The maximum absolute atomic E-state index is 14.3. The molecule has 0 spiro atoms. The summed E-state index contributed by atoms with van der Waals surface area (Å²) < 4.78 is 5.51. The number of carbonyl (C=O) groups is 5. The summed E-state index contributed by atoms with van der Waals surface area (Å²) in [5.74, 6) is -1.34. The number of Topliss-reactive ketones (excluding diaryl/α,β-unsaturated/α-hetero) is 1. The number of nitrogens with one attached hydrogen (secondary N) is 3. The minimum absolute atomic E-state index is 0.0134. The molecule has 1 aliphatic heterocycles. The van der Waals surface area contributed by atoms with Gasteiger partial charge in [-0.2, -0.15) is 0 Å². The first kappa shape index (κ1) is 30.1. The first-order valence-corrected chi connectivity index (χ1v) is 15.0. The summed E-state index contributed by atoms with van der Waals surface area (Å²) in [4.78, 5) is 68.0. The fraction of sp³-hybridized carbons (Fsp3) is 0.767. The number of ether oxygens (including phenoxy) is 1. The molecule has 0 aromatic rings. The van der Waals surface area contributed by atoms with Gasteiger partial charge < -0.3 is 25.6 Å². The van der Waals surface area contributed by atoms with E-state index in [9.17, 15) is 24.0 Å². The molecule has 10 nitrogen and oxygen atoms in total. The molecule has 4 rings (SSSR count). The molecule has 2 bridgehead atoms. The molecule has 3 N–H and O–H groups in total. The number of fused-ring (bicyclic) bond motifs is 5. The summed E-state index contributed by atoms with van der Waals surface area (Å²) in [6.45, 7) is 10.9. The van der Waals surface area contributed by atoms with Crippen molar-refractivity contribution in [2.45, 2.75) is 115 Å². The van der Waals surface area contributed by atoms with E-state index in [1.807, 2.05) is 6.92 Å². The van der Waals surface area contributed by atoms with E-state index in [0.717, 1.165) is 44.9 Å². The van der Waals surface area contributed by atoms with Gasteiger partial charge in [0, 0.05) is 12.6 Å². The van der Waals surface area contributed by atoms with E-state index in [1.165, 1.54) is 6.08 Å². The van der Waals surface area contributed by atoms with Gasteiger partial charge in [0.1, 0.15) is 17.7 Å². The smallest absolute Gasteiger partial charge is 0.408 e. The maximum Gasteiger partial charge on any atom is 0.408 e. The van der Waals surface area contributed by atoms with E-state index in [0.29, 0.717) is 24.7 Å². The molecule has 0 aromatic heterocycles. The van der Waals surface area contributed by atoms with Gasteiger partial charge in [0.15, 0.2) is 0 Å². The summed E-state index contributed by atoms with van der Waals surface area (Å²) in [5.41, 5.74) is -0.709. The third kappa shape index (κ3) is 6.52. The van der Waals surface area contributed by atoms with E-state index < -0.39 is 47.4 Å². The van der Waals surface area contributed by atoms with Crippen molar-refractivity contribution in [3.8, 4) is 0 Å². The number of alkyl carbamates (subject to hydrolysis) is 1. The first-order chi connectivity index (χ1) is 19.0. The van der Waals surface area contributed by atoms with Gasteiger partial charge in [0.05, 0.1) is 6.04 Å². The lowest BCUT2D eigenvalue weighted by Crippen LogP contribution is -2.62. The number of likely N-dealkylation sites (tertiary alicyclic amines) is 1. The minimum Gasteiger partial charge on any atom is -0.444 e. The number of carbonyl (C=O) groups excluding carboxylic acids is 5. The van der Waals surface area contributed by atoms with Gasteiger partial charge in [-0.05, 0) is 76.5 Å². The minimum atomic E-state index is -0.970. The average molecular weight is 559 g/mol. The van der Waals surface area contributed by atoms with Gasteiger partial charge in [-0.15, -0.1) is 6.58 Å². The van der Waals surface area contributed by atoms with Crippen LogP contribution in [-0.4, -0.2) is 70.8 Å². The molecular formula is C30H46N4O6. The lowest BCUT2D eigenvalue weighted by atomic mass is 9.83. The van der Waals surface area contributed by atoms with Crippen LogP contribution in [0.5, 0.6) is 0 Å². The molecule has 7 unspecified atom stereocenters. The first-order valence-electron chi connectivity index (χ1n) is 15.0. The summed E-state index contributed by atoms with van der Waals surface area (Å²) in [6, 6.07) is -2.53. The van der Waals surface area contributed by atoms with Crippen LogP contribution < -0.4 is 16.0 Å². The average Bonchev–Trinajstić information content (AvgIpc) is 3.52. The van der Waals surface area contributed by atoms with E-state index >= 15 is 0 Å². The van der Waals surface area contributed by atoms with E-state index in [2.05, 4.69) is 22.5 Å². The second-order valence-corrected chi connectivity index (χ2v) is 13.0. The molecule has 222 valence electrons. The van der Waals surface area contributed by atoms with Crippen molar-refractivity contribution in [3.05, 3.63) is 12.7 Å². The van der Waals surface area contributed by atoms with Crippen molar-refractivity contribution < 1.29 is 28.7 Å². The zero-order valence-electron chi connectivity index (χ0n) is 24.4. The zero-order valence-corrected chi connectivity index (χ0v) is 24.4. The van der Waals surface area contributed by atoms with Crippen molar-refractivity contribution in [1.82, 2.24) is 20.9 Å². The van der Waals surface area contributed by atoms with Crippen LogP contribution in [0.15, 0.2) is 12.7 Å². The second-order valence-electron chi connectivity index (χ2n) is 13.0. The Morgan fingerprint density at radius 2 is 1.70 bits per heavy atom. The predicted molar refractivity (Wildman–Crippen MR) is 149 cm³/mol. The Hall–Kier alpha value is -2.91. The van der Waals surface area contributed by atoms with Crippen LogP contribution in [0, 0.1) is 23.7 Å². The molecule has 1 heterocycles. The van der Waals surface area contributed by atoms with Crippen LogP contribution in [-0.2, 0) is 23.9 Å². The molecule has 3 aliphatic carbocycles. The Bertz CT molecular complexity index is 1020. The molecule has 0 aromatic carbocycles. The van der Waals surface area contributed by atoms with Crippen molar-refractivity contribution in [2.75, 3.05) is 6.54 Å². The molecule has 4 amide bonds. The fourth-order valence-corrected chi connectivity index (χ4v) is 7.18. The van der Waals surface area contributed by atoms with Gasteiger partial charge in [-0.25, -0.2) is 4.79 Å². The summed E-state index contributed by atoms with van der Waals surface area (Å²) in [7, 11) is 0. The molecule has 40 heavy (non-hydrogen) atoms. The van der Waals surface area contributed by atoms with E-state index in [-0.39, 0.29) is 30.3 Å². The second kappa shape index (κ2) is 12.3. The summed E-state index contributed by atoms with van der Waals surface area (Å²) in [6.07, 6.45) is 8.21. The van der Waals surface area contributed by atoms with Crippen LogP contribution in [0.25, 0.3) is 0 Å². The summed E-state index contributed by atoms with van der Waals surface area (Å²) >= 11 is 0. The number of ketones is 1. The number of hydrogen-bond acceptors (Lipinski definition) is 6. The molecule has 10 heteroatoms. The number of rotatable bonds is 11. The number of amides is 4. The molecule has 7 atom stereocenters. The lowest BCUT2D eigenvalue weighted by molar-refractivity contribution is -0.147. The monoisotopic (exact) mass is 558 g/mol. The van der Waals surface area contributed by atoms with Crippen LogP contribution in [0.4, 0.5) is 4.79 Å². The van der Waals surface area contributed by atoms with Gasteiger partial charge in [-0.3, -0.25) is 19.2 Å². The van der Waals surface area contributed by atoms with Crippen molar-refractivity contribution in [2.24, 2.45) is 23.7 Å². The van der Waals surface area contributed by atoms with E-state index in [1.54, 1.807) is 25.7 Å². The maximum atomic E-state index is 14.3. The highest BCUT2D eigenvalue weighted by molar-refractivity contribution is 6.38. The Morgan fingerprint density at radius 1 is 1.00 bits per heavy atom. The molecule has 4 aliphatic rings. The van der Waals surface area contributed by atoms with Gasteiger partial charge >= 0.3 is 6.09 Å². The third-order valence-corrected chi connectivity index (χ3v) is 8.94. The SMILES string of the molecule is C=CCNC(=O)C(=O)C(CCC)NC(=O)C1C2CC(C3CC32)N1C(=O)C(NC(=O)OC(C)(C)C)C1CCCCC1. The number of nitrogens with zero attached hydrogens (tertiary/aromatic N) is 1. The number of piperidine rings is 1. The molecule has 3 saturated carbocycles. The number of hydrogen-bond donors (Lipinski definition) is 3. The van der Waals surface area contributed by atoms with Gasteiger partial charge in [0.25, 0.3) is 5.91 Å². The highest BCUT2D eigenvalue weighted by atomic mass is 16.6. The quantitative estimate of drug-likeness (QED) is 0.264. The lowest BCUT2D eigenvalue weighted by Gasteiger charge is -2.39. The Morgan fingerprint density at radius 3 is 2.33 bits per heavy atom. The predicted octanol–water partition coefficient (Wildman–Crippen LogP) is 2.85.